The van der Waals surface area contributed by atoms with Gasteiger partial charge in [0.05, 0.1) is 17.8 Å². The summed E-state index contributed by atoms with van der Waals surface area (Å²) in [5.74, 6) is 3.86. The van der Waals surface area contributed by atoms with Gasteiger partial charge in [-0.3, -0.25) is 14.5 Å². The van der Waals surface area contributed by atoms with Gasteiger partial charge in [-0.2, -0.15) is 0 Å². The fourth-order valence-electron chi connectivity index (χ4n) is 7.20. The minimum atomic E-state index is -0.147. The molecule has 2 amide bonds. The van der Waals surface area contributed by atoms with Crippen molar-refractivity contribution >= 4 is 35.0 Å². The summed E-state index contributed by atoms with van der Waals surface area (Å²) >= 11 is 1.64. The van der Waals surface area contributed by atoms with Crippen molar-refractivity contribution in [3.8, 4) is 5.75 Å². The number of hydrogen-bond donors (Lipinski definition) is 1. The van der Waals surface area contributed by atoms with Crippen LogP contribution in [0.4, 0.5) is 11.4 Å². The quantitative estimate of drug-likeness (QED) is 0.554. The second-order valence-electron chi connectivity index (χ2n) is 10.6. The van der Waals surface area contributed by atoms with E-state index in [1.54, 1.807) is 11.8 Å². The van der Waals surface area contributed by atoms with Crippen molar-refractivity contribution in [2.24, 2.45) is 23.2 Å². The Bertz CT molecular complexity index is 1050. The van der Waals surface area contributed by atoms with Crippen molar-refractivity contribution in [2.45, 2.75) is 50.8 Å². The van der Waals surface area contributed by atoms with Crippen LogP contribution in [0.15, 0.2) is 48.5 Å². The van der Waals surface area contributed by atoms with Crippen LogP contribution < -0.4 is 15.0 Å². The number of benzene rings is 2. The molecule has 1 heterocycles. The monoisotopic (exact) mass is 476 g/mol. The molecule has 1 saturated heterocycles. The maximum Gasteiger partial charge on any atom is 0.238 e. The van der Waals surface area contributed by atoms with Crippen molar-refractivity contribution in [1.82, 2.24) is 0 Å². The number of carbonyl (C=O) groups excluding carboxylic acids is 2. The maximum atomic E-state index is 13.4. The Labute approximate surface area is 205 Å². The molecule has 5 aliphatic rings. The molecule has 1 atom stereocenters. The molecule has 7 rings (SSSR count). The highest BCUT2D eigenvalue weighted by Crippen LogP contribution is 2.60. The summed E-state index contributed by atoms with van der Waals surface area (Å²) in [5, 5.41) is 3.18. The zero-order chi connectivity index (χ0) is 23.3. The normalized spacial score (nSPS) is 31.7. The van der Waals surface area contributed by atoms with Crippen LogP contribution in [0.2, 0.25) is 0 Å². The van der Waals surface area contributed by atoms with Gasteiger partial charge in [0.25, 0.3) is 0 Å². The minimum absolute atomic E-state index is 0.0710. The van der Waals surface area contributed by atoms with E-state index < -0.39 is 0 Å². The van der Waals surface area contributed by atoms with Gasteiger partial charge >= 0.3 is 0 Å². The van der Waals surface area contributed by atoms with E-state index in [1.165, 1.54) is 19.3 Å². The number of nitrogens with one attached hydrogen (secondary N) is 1. The van der Waals surface area contributed by atoms with Crippen LogP contribution in [0, 0.1) is 23.2 Å². The Morgan fingerprint density at radius 1 is 1.00 bits per heavy atom. The minimum Gasteiger partial charge on any atom is -0.494 e. The average molecular weight is 477 g/mol. The van der Waals surface area contributed by atoms with Crippen LogP contribution in [-0.2, 0) is 9.59 Å². The number of nitrogens with zero attached hydrogens (tertiary/aromatic N) is 1. The lowest BCUT2D eigenvalue weighted by Gasteiger charge is -2.55. The first-order chi connectivity index (χ1) is 16.5. The molecular weight excluding hydrogens is 444 g/mol. The predicted octanol–water partition coefficient (Wildman–Crippen LogP) is 6.02. The van der Waals surface area contributed by atoms with E-state index in [9.17, 15) is 9.59 Å². The summed E-state index contributed by atoms with van der Waals surface area (Å²) in [5.41, 5.74) is 2.65. The third-order valence-corrected chi connectivity index (χ3v) is 9.48. The Balaban J connectivity index is 1.16. The van der Waals surface area contributed by atoms with Crippen LogP contribution in [0.5, 0.6) is 5.75 Å². The zero-order valence-corrected chi connectivity index (χ0v) is 20.5. The third-order valence-electron chi connectivity index (χ3n) is 8.27. The molecule has 178 valence electrons. The van der Waals surface area contributed by atoms with Gasteiger partial charge in [0.2, 0.25) is 11.8 Å². The molecule has 6 heteroatoms. The van der Waals surface area contributed by atoms with Crippen LogP contribution in [-0.4, -0.2) is 24.2 Å². The number of amides is 2. The fraction of sp³-hybridized carbons (Fsp3) is 0.500. The molecule has 2 aromatic rings. The predicted molar refractivity (Wildman–Crippen MR) is 136 cm³/mol. The molecule has 4 saturated carbocycles. The molecule has 1 N–H and O–H groups in total. The summed E-state index contributed by atoms with van der Waals surface area (Å²) < 4.78 is 5.54. The summed E-state index contributed by atoms with van der Waals surface area (Å²) in [7, 11) is 0. The summed E-state index contributed by atoms with van der Waals surface area (Å²) in [4.78, 5) is 28.0. The van der Waals surface area contributed by atoms with E-state index in [4.69, 9.17) is 4.74 Å². The van der Waals surface area contributed by atoms with Crippen molar-refractivity contribution in [1.29, 1.82) is 0 Å². The molecule has 2 aromatic carbocycles. The lowest BCUT2D eigenvalue weighted by Crippen LogP contribution is -2.51. The smallest absolute Gasteiger partial charge is 0.238 e. The van der Waals surface area contributed by atoms with Gasteiger partial charge in [-0.15, -0.1) is 11.8 Å². The molecule has 4 bridgehead atoms. The van der Waals surface area contributed by atoms with E-state index in [-0.39, 0.29) is 22.6 Å². The summed E-state index contributed by atoms with van der Waals surface area (Å²) in [6.45, 7) is 2.58. The number of thioether (sulfide) groups is 1. The lowest BCUT2D eigenvalue weighted by atomic mass is 9.49. The summed E-state index contributed by atoms with van der Waals surface area (Å²) in [6, 6.07) is 15.8. The molecule has 5 nitrogen and oxygen atoms in total. The highest BCUT2D eigenvalue weighted by atomic mass is 32.2. The first-order valence-corrected chi connectivity index (χ1v) is 13.7. The van der Waals surface area contributed by atoms with Gasteiger partial charge < -0.3 is 10.1 Å². The molecule has 0 aromatic heterocycles. The molecular formula is C28H32N2O3S. The average Bonchev–Trinajstić information content (AvgIpc) is 3.21. The van der Waals surface area contributed by atoms with Gasteiger partial charge in [-0.25, -0.2) is 0 Å². The molecule has 0 spiro atoms. The van der Waals surface area contributed by atoms with E-state index in [1.807, 2.05) is 60.4 Å². The standard InChI is InChI=1S/C28H32N2O3S/c1-2-33-24-9-7-23(8-10-24)30-25(31)17-34-26(30)21-3-5-22(6-4-21)29-27(32)28-14-18-11-19(15-28)13-20(12-18)16-28/h3-10,18-20,26H,2,11-17H2,1H3,(H,29,32). The summed E-state index contributed by atoms with van der Waals surface area (Å²) in [6.07, 6.45) is 7.22. The number of hydrogen-bond acceptors (Lipinski definition) is 4. The Hall–Kier alpha value is -2.47. The lowest BCUT2D eigenvalue weighted by molar-refractivity contribution is -0.140. The first kappa shape index (κ1) is 22.0. The topological polar surface area (TPSA) is 58.6 Å². The van der Waals surface area contributed by atoms with Crippen LogP contribution in [0.3, 0.4) is 0 Å². The van der Waals surface area contributed by atoms with Gasteiger partial charge in [0.15, 0.2) is 0 Å². The number of anilines is 2. The first-order valence-electron chi connectivity index (χ1n) is 12.6. The van der Waals surface area contributed by atoms with Gasteiger partial charge in [0, 0.05) is 11.4 Å². The van der Waals surface area contributed by atoms with Crippen molar-refractivity contribution < 1.29 is 14.3 Å². The largest absolute Gasteiger partial charge is 0.494 e. The van der Waals surface area contributed by atoms with Gasteiger partial charge in [0.1, 0.15) is 11.1 Å². The molecule has 0 radical (unpaired) electrons. The zero-order valence-electron chi connectivity index (χ0n) is 19.7. The van der Waals surface area contributed by atoms with Crippen molar-refractivity contribution in [2.75, 3.05) is 22.6 Å². The highest BCUT2D eigenvalue weighted by molar-refractivity contribution is 8.00. The van der Waals surface area contributed by atoms with E-state index >= 15 is 0 Å². The van der Waals surface area contributed by atoms with Gasteiger partial charge in [-0.05, 0) is 105 Å². The highest BCUT2D eigenvalue weighted by Gasteiger charge is 2.54. The van der Waals surface area contributed by atoms with E-state index in [0.29, 0.717) is 12.4 Å². The third kappa shape index (κ3) is 3.90. The second-order valence-corrected chi connectivity index (χ2v) is 11.7. The molecule has 4 aliphatic carbocycles. The van der Waals surface area contributed by atoms with E-state index in [2.05, 4.69) is 5.32 Å². The number of carbonyl (C=O) groups is 2. The molecule has 34 heavy (non-hydrogen) atoms. The number of ether oxygens (including phenoxy) is 1. The Morgan fingerprint density at radius 3 is 2.21 bits per heavy atom. The number of rotatable bonds is 6. The van der Waals surface area contributed by atoms with Crippen LogP contribution in [0.1, 0.15) is 56.4 Å². The van der Waals surface area contributed by atoms with E-state index in [0.717, 1.165) is 59.7 Å². The SMILES string of the molecule is CCOc1ccc(N2C(=O)CSC2c2ccc(NC(=O)C34CC5CC(CC(C5)C3)C4)cc2)cc1. The Kier molecular flexibility index (Phi) is 5.59. The van der Waals surface area contributed by atoms with Crippen LogP contribution in [0.25, 0.3) is 0 Å². The Morgan fingerprint density at radius 2 is 1.62 bits per heavy atom. The van der Waals surface area contributed by atoms with Gasteiger partial charge in [-0.1, -0.05) is 12.1 Å². The van der Waals surface area contributed by atoms with Crippen LogP contribution >= 0.6 is 11.8 Å². The second kappa shape index (κ2) is 8.63. The van der Waals surface area contributed by atoms with Crippen molar-refractivity contribution in [3.63, 3.8) is 0 Å². The molecule has 1 aliphatic heterocycles. The molecule has 5 fully saturated rings. The molecule has 1 unspecified atom stereocenters. The van der Waals surface area contributed by atoms with Crippen molar-refractivity contribution in [3.05, 3.63) is 54.1 Å². The fourth-order valence-corrected chi connectivity index (χ4v) is 8.38. The maximum absolute atomic E-state index is 13.4.